The molecule has 2 N–H and O–H groups in total. The van der Waals surface area contributed by atoms with E-state index in [-0.39, 0.29) is 6.04 Å². The second-order valence-electron chi connectivity index (χ2n) is 3.81. The van der Waals surface area contributed by atoms with Gasteiger partial charge in [-0.1, -0.05) is 30.4 Å². The fraction of sp³-hybridized carbons (Fsp3) is 0.308. The second-order valence-corrected chi connectivity index (χ2v) is 3.81. The van der Waals surface area contributed by atoms with Gasteiger partial charge in [0.15, 0.2) is 0 Å². The number of para-hydroxylation sites is 1. The van der Waals surface area contributed by atoms with E-state index in [2.05, 4.69) is 46.8 Å². The summed E-state index contributed by atoms with van der Waals surface area (Å²) in [6.07, 6.45) is 4.18. The summed E-state index contributed by atoms with van der Waals surface area (Å²) in [5.74, 6) is 1.02. The van der Waals surface area contributed by atoms with Crippen LogP contribution in [0.5, 0.6) is 0 Å². The van der Waals surface area contributed by atoms with Crippen LogP contribution in [0.1, 0.15) is 6.92 Å². The van der Waals surface area contributed by atoms with Gasteiger partial charge in [-0.3, -0.25) is 4.99 Å². The summed E-state index contributed by atoms with van der Waals surface area (Å²) in [5.41, 5.74) is 1.12. The lowest BCUT2D eigenvalue weighted by atomic mass is 10.2. The second kappa shape index (κ2) is 5.35. The molecule has 3 nitrogen and oxygen atoms in total. The molecule has 1 aromatic rings. The molecule has 0 saturated carbocycles. The van der Waals surface area contributed by atoms with Crippen LogP contribution < -0.4 is 10.6 Å². The molecule has 0 aliphatic carbocycles. The number of nitrogens with zero attached hydrogens (tertiary/aromatic N) is 1. The predicted octanol–water partition coefficient (Wildman–Crippen LogP) is 2.04. The van der Waals surface area contributed by atoms with Crippen molar-refractivity contribution in [2.24, 2.45) is 4.99 Å². The molecule has 2 rings (SSSR count). The molecule has 0 amide bonds. The molecule has 0 saturated heterocycles. The van der Waals surface area contributed by atoms with Crippen molar-refractivity contribution in [3.8, 4) is 0 Å². The molecule has 1 unspecified atom stereocenters. The van der Waals surface area contributed by atoms with Crippen LogP contribution in [0.2, 0.25) is 0 Å². The van der Waals surface area contributed by atoms with E-state index in [0.717, 1.165) is 24.6 Å². The van der Waals surface area contributed by atoms with E-state index in [9.17, 15) is 0 Å². The van der Waals surface area contributed by atoms with E-state index in [4.69, 9.17) is 0 Å². The molecule has 0 bridgehead atoms. The average molecular weight is 215 g/mol. The molecule has 1 atom stereocenters. The molecule has 3 heteroatoms. The van der Waals surface area contributed by atoms with Crippen molar-refractivity contribution in [2.75, 3.05) is 18.4 Å². The summed E-state index contributed by atoms with van der Waals surface area (Å²) in [6.45, 7) is 3.74. The van der Waals surface area contributed by atoms with Gasteiger partial charge in [-0.2, -0.15) is 0 Å². The number of rotatable bonds is 3. The fourth-order valence-electron chi connectivity index (χ4n) is 1.67. The van der Waals surface area contributed by atoms with Crippen LogP contribution in [-0.4, -0.2) is 25.0 Å². The molecule has 1 aliphatic heterocycles. The van der Waals surface area contributed by atoms with Crippen LogP contribution in [0.15, 0.2) is 47.5 Å². The van der Waals surface area contributed by atoms with Gasteiger partial charge in [0, 0.05) is 12.2 Å². The number of benzene rings is 1. The Morgan fingerprint density at radius 1 is 1.25 bits per heavy atom. The summed E-state index contributed by atoms with van der Waals surface area (Å²) in [7, 11) is 0. The third-order valence-corrected chi connectivity index (χ3v) is 2.50. The number of anilines is 1. The van der Waals surface area contributed by atoms with Crippen LogP contribution >= 0.6 is 0 Å². The van der Waals surface area contributed by atoms with Crippen molar-refractivity contribution in [3.05, 3.63) is 42.5 Å². The van der Waals surface area contributed by atoms with Crippen LogP contribution in [0.25, 0.3) is 0 Å². The molecule has 0 fully saturated rings. The van der Waals surface area contributed by atoms with E-state index >= 15 is 0 Å². The summed E-state index contributed by atoms with van der Waals surface area (Å²) in [6, 6.07) is 10.4. The minimum Gasteiger partial charge on any atom is -0.375 e. The Balaban J connectivity index is 1.98. The Morgan fingerprint density at radius 3 is 2.88 bits per heavy atom. The van der Waals surface area contributed by atoms with E-state index in [0.29, 0.717) is 0 Å². The van der Waals surface area contributed by atoms with Crippen LogP contribution in [-0.2, 0) is 0 Å². The van der Waals surface area contributed by atoms with Crippen LogP contribution in [0, 0.1) is 0 Å². The quantitative estimate of drug-likeness (QED) is 0.757. The van der Waals surface area contributed by atoms with Gasteiger partial charge < -0.3 is 10.6 Å². The maximum Gasteiger partial charge on any atom is 0.119 e. The lowest BCUT2D eigenvalue weighted by molar-refractivity contribution is 0.927. The highest BCUT2D eigenvalue weighted by Crippen LogP contribution is 2.07. The van der Waals surface area contributed by atoms with Gasteiger partial charge in [0.25, 0.3) is 0 Å². The Morgan fingerprint density at radius 2 is 2.06 bits per heavy atom. The van der Waals surface area contributed by atoms with Gasteiger partial charge in [-0.05, 0) is 19.1 Å². The normalized spacial score (nSPS) is 16.9. The first-order valence-electron chi connectivity index (χ1n) is 5.61. The van der Waals surface area contributed by atoms with Gasteiger partial charge in [0.05, 0.1) is 12.6 Å². The zero-order valence-corrected chi connectivity index (χ0v) is 9.48. The van der Waals surface area contributed by atoms with Crippen molar-refractivity contribution >= 4 is 11.5 Å². The molecule has 1 aromatic carbocycles. The number of hydrogen-bond donors (Lipinski definition) is 2. The van der Waals surface area contributed by atoms with Crippen molar-refractivity contribution < 1.29 is 0 Å². The molecule has 0 spiro atoms. The van der Waals surface area contributed by atoms with Gasteiger partial charge in [0.1, 0.15) is 5.84 Å². The average Bonchev–Trinajstić information content (AvgIpc) is 2.59. The van der Waals surface area contributed by atoms with Crippen molar-refractivity contribution in [1.82, 2.24) is 5.32 Å². The summed E-state index contributed by atoms with van der Waals surface area (Å²) in [4.78, 5) is 4.48. The molecule has 0 radical (unpaired) electrons. The third-order valence-electron chi connectivity index (χ3n) is 2.50. The van der Waals surface area contributed by atoms with Crippen molar-refractivity contribution in [3.63, 3.8) is 0 Å². The summed E-state index contributed by atoms with van der Waals surface area (Å²) < 4.78 is 0. The largest absolute Gasteiger partial charge is 0.375 e. The smallest absolute Gasteiger partial charge is 0.119 e. The molecule has 1 heterocycles. The van der Waals surface area contributed by atoms with E-state index in [1.807, 2.05) is 18.2 Å². The lowest BCUT2D eigenvalue weighted by Crippen LogP contribution is -2.37. The molecule has 16 heavy (non-hydrogen) atoms. The Labute approximate surface area is 96.3 Å². The van der Waals surface area contributed by atoms with Crippen LogP contribution in [0.3, 0.4) is 0 Å². The van der Waals surface area contributed by atoms with E-state index in [1.54, 1.807) is 0 Å². The zero-order chi connectivity index (χ0) is 11.2. The van der Waals surface area contributed by atoms with E-state index < -0.39 is 0 Å². The Hall–Kier alpha value is -1.77. The van der Waals surface area contributed by atoms with Crippen molar-refractivity contribution in [1.29, 1.82) is 0 Å². The molecular weight excluding hydrogens is 198 g/mol. The number of nitrogens with one attached hydrogen (secondary N) is 2. The first kappa shape index (κ1) is 10.7. The number of hydrogen-bond acceptors (Lipinski definition) is 3. The highest BCUT2D eigenvalue weighted by Gasteiger charge is 2.09. The Bertz CT molecular complexity index is 381. The van der Waals surface area contributed by atoms with Crippen molar-refractivity contribution in [2.45, 2.75) is 13.0 Å². The fourth-order valence-corrected chi connectivity index (χ4v) is 1.67. The highest BCUT2D eigenvalue weighted by atomic mass is 15.1. The molecule has 84 valence electrons. The SMILES string of the molecule is CC(Nc1ccccc1)C1=NCC=CCN1. The predicted molar refractivity (Wildman–Crippen MR) is 69.0 cm³/mol. The summed E-state index contributed by atoms with van der Waals surface area (Å²) in [5, 5.41) is 6.72. The summed E-state index contributed by atoms with van der Waals surface area (Å²) >= 11 is 0. The number of amidine groups is 1. The minimum atomic E-state index is 0.210. The van der Waals surface area contributed by atoms with Gasteiger partial charge in [0.2, 0.25) is 0 Å². The maximum atomic E-state index is 4.48. The van der Waals surface area contributed by atoms with Gasteiger partial charge >= 0.3 is 0 Å². The first-order chi connectivity index (χ1) is 7.86. The van der Waals surface area contributed by atoms with E-state index in [1.165, 1.54) is 0 Å². The minimum absolute atomic E-state index is 0.210. The molecule has 0 aromatic heterocycles. The third kappa shape index (κ3) is 2.86. The maximum absolute atomic E-state index is 4.48. The highest BCUT2D eigenvalue weighted by molar-refractivity contribution is 5.89. The lowest BCUT2D eigenvalue weighted by Gasteiger charge is -2.18. The topological polar surface area (TPSA) is 36.4 Å². The Kier molecular flexibility index (Phi) is 3.59. The van der Waals surface area contributed by atoms with Crippen LogP contribution in [0.4, 0.5) is 5.69 Å². The monoisotopic (exact) mass is 215 g/mol. The standard InChI is InChI=1S/C13H17N3/c1-11(13-14-9-5-6-10-15-13)16-12-7-3-2-4-8-12/h2-8,11,16H,9-10H2,1H3,(H,14,15). The van der Waals surface area contributed by atoms with Gasteiger partial charge in [-0.15, -0.1) is 0 Å². The molecule has 1 aliphatic rings. The number of aliphatic imine (C=N–C) groups is 1. The van der Waals surface area contributed by atoms with Gasteiger partial charge in [-0.25, -0.2) is 0 Å². The zero-order valence-electron chi connectivity index (χ0n) is 9.48. The first-order valence-corrected chi connectivity index (χ1v) is 5.61. The molecular formula is C13H17N3.